The van der Waals surface area contributed by atoms with Gasteiger partial charge in [-0.15, -0.1) is 10.2 Å². The quantitative estimate of drug-likeness (QED) is 0.752. The van der Waals surface area contributed by atoms with E-state index in [-0.39, 0.29) is 5.91 Å². The summed E-state index contributed by atoms with van der Waals surface area (Å²) >= 11 is 0. The number of benzene rings is 1. The first-order valence-electron chi connectivity index (χ1n) is 7.50. The van der Waals surface area contributed by atoms with Crippen molar-refractivity contribution in [3.8, 4) is 11.5 Å². The molecule has 24 heavy (non-hydrogen) atoms. The third-order valence-electron chi connectivity index (χ3n) is 3.66. The van der Waals surface area contributed by atoms with E-state index in [0.29, 0.717) is 30.0 Å². The third-order valence-corrected chi connectivity index (χ3v) is 3.66. The lowest BCUT2D eigenvalue weighted by Gasteiger charge is -2.10. The van der Waals surface area contributed by atoms with Gasteiger partial charge in [-0.05, 0) is 36.2 Å². The molecule has 3 aromatic rings. The fourth-order valence-corrected chi connectivity index (χ4v) is 2.42. The number of carbonyl (C=O) groups is 1. The van der Waals surface area contributed by atoms with Gasteiger partial charge in [0.15, 0.2) is 17.1 Å². The second-order valence-corrected chi connectivity index (χ2v) is 5.25. The van der Waals surface area contributed by atoms with Crippen molar-refractivity contribution < 1.29 is 14.3 Å². The number of nitrogens with one attached hydrogen (secondary N) is 1. The topological polar surface area (TPSA) is 77.8 Å². The number of methoxy groups -OCH3 is 2. The van der Waals surface area contributed by atoms with E-state index in [9.17, 15) is 4.79 Å². The molecule has 1 N–H and O–H groups in total. The van der Waals surface area contributed by atoms with Crippen LogP contribution in [0.4, 0.5) is 5.69 Å². The van der Waals surface area contributed by atoms with Crippen molar-refractivity contribution in [1.82, 2.24) is 14.6 Å². The second kappa shape index (κ2) is 6.99. The number of carbonyl (C=O) groups excluding carboxylic acids is 1. The zero-order valence-electron chi connectivity index (χ0n) is 13.5. The Bertz CT molecular complexity index is 860. The van der Waals surface area contributed by atoms with E-state index < -0.39 is 0 Å². The van der Waals surface area contributed by atoms with Crippen LogP contribution < -0.4 is 14.8 Å². The maximum Gasteiger partial charge on any atom is 0.224 e. The zero-order chi connectivity index (χ0) is 16.9. The van der Waals surface area contributed by atoms with Gasteiger partial charge in [-0.25, -0.2) is 0 Å². The molecule has 1 aromatic carbocycles. The number of rotatable bonds is 6. The number of hydrogen-bond donors (Lipinski definition) is 1. The molecule has 0 aliphatic carbocycles. The molecular formula is C17H18N4O3. The van der Waals surface area contributed by atoms with Crippen LogP contribution in [0.15, 0.2) is 42.9 Å². The number of ether oxygens (including phenoxy) is 2. The minimum Gasteiger partial charge on any atom is -0.493 e. The Balaban J connectivity index is 1.60. The van der Waals surface area contributed by atoms with E-state index in [0.717, 1.165) is 11.2 Å². The van der Waals surface area contributed by atoms with Crippen molar-refractivity contribution in [2.45, 2.75) is 12.8 Å². The summed E-state index contributed by atoms with van der Waals surface area (Å²) in [4.78, 5) is 12.1. The van der Waals surface area contributed by atoms with Gasteiger partial charge >= 0.3 is 0 Å². The summed E-state index contributed by atoms with van der Waals surface area (Å²) < 4.78 is 12.2. The van der Waals surface area contributed by atoms with Gasteiger partial charge in [0.25, 0.3) is 0 Å². The Morgan fingerprint density at radius 1 is 1.17 bits per heavy atom. The fourth-order valence-electron chi connectivity index (χ4n) is 2.42. The van der Waals surface area contributed by atoms with Crippen LogP contribution in [0.25, 0.3) is 5.65 Å². The number of aryl methyl sites for hydroxylation is 1. The van der Waals surface area contributed by atoms with E-state index in [2.05, 4.69) is 15.5 Å². The van der Waals surface area contributed by atoms with Crippen molar-refractivity contribution in [2.24, 2.45) is 0 Å². The van der Waals surface area contributed by atoms with E-state index in [4.69, 9.17) is 9.47 Å². The van der Waals surface area contributed by atoms with Crippen LogP contribution in [0.2, 0.25) is 0 Å². The number of amides is 1. The first-order chi connectivity index (χ1) is 11.7. The van der Waals surface area contributed by atoms with Crippen molar-refractivity contribution in [1.29, 1.82) is 0 Å². The number of aromatic nitrogens is 3. The molecule has 0 saturated carbocycles. The summed E-state index contributed by atoms with van der Waals surface area (Å²) in [6.07, 6.45) is 4.36. The minimum absolute atomic E-state index is 0.0581. The molecule has 7 heteroatoms. The molecule has 0 fully saturated rings. The second-order valence-electron chi connectivity index (χ2n) is 5.25. The molecule has 0 radical (unpaired) electrons. The van der Waals surface area contributed by atoms with Crippen LogP contribution in [-0.2, 0) is 11.2 Å². The SMILES string of the molecule is COc1ccc(CCC(=O)Nc2ccc3nncn3c2)cc1OC. The van der Waals surface area contributed by atoms with Gasteiger partial charge in [0, 0.05) is 12.6 Å². The lowest BCUT2D eigenvalue weighted by molar-refractivity contribution is -0.116. The molecule has 2 heterocycles. The maximum atomic E-state index is 12.1. The van der Waals surface area contributed by atoms with Crippen molar-refractivity contribution in [3.63, 3.8) is 0 Å². The summed E-state index contributed by atoms with van der Waals surface area (Å²) in [5, 5.41) is 10.6. The molecule has 7 nitrogen and oxygen atoms in total. The van der Waals surface area contributed by atoms with Gasteiger partial charge in [0.1, 0.15) is 6.33 Å². The Kier molecular flexibility index (Phi) is 4.60. The lowest BCUT2D eigenvalue weighted by Crippen LogP contribution is -2.12. The standard InChI is InChI=1S/C17H18N4O3/c1-23-14-6-3-12(9-15(14)24-2)4-8-17(22)19-13-5-7-16-20-18-11-21(16)10-13/h3,5-7,9-11H,4,8H2,1-2H3,(H,19,22). The number of nitrogens with zero attached hydrogens (tertiary/aromatic N) is 3. The van der Waals surface area contributed by atoms with Crippen LogP contribution in [0.3, 0.4) is 0 Å². The predicted molar refractivity (Wildman–Crippen MR) is 89.5 cm³/mol. The Hall–Kier alpha value is -3.09. The summed E-state index contributed by atoms with van der Waals surface area (Å²) in [6, 6.07) is 9.26. The van der Waals surface area contributed by atoms with Gasteiger partial charge in [0.05, 0.1) is 19.9 Å². The molecule has 0 aliphatic heterocycles. The number of hydrogen-bond acceptors (Lipinski definition) is 5. The third kappa shape index (κ3) is 3.45. The van der Waals surface area contributed by atoms with Crippen molar-refractivity contribution >= 4 is 17.2 Å². The van der Waals surface area contributed by atoms with Gasteiger partial charge in [0.2, 0.25) is 5.91 Å². The van der Waals surface area contributed by atoms with Crippen LogP contribution in [0.5, 0.6) is 11.5 Å². The number of anilines is 1. The highest BCUT2D eigenvalue weighted by molar-refractivity contribution is 5.90. The minimum atomic E-state index is -0.0581. The van der Waals surface area contributed by atoms with Crippen molar-refractivity contribution in [3.05, 3.63) is 48.4 Å². The normalized spacial score (nSPS) is 10.6. The van der Waals surface area contributed by atoms with E-state index in [1.54, 1.807) is 43.3 Å². The lowest BCUT2D eigenvalue weighted by atomic mass is 10.1. The highest BCUT2D eigenvalue weighted by Gasteiger charge is 2.08. The average Bonchev–Trinajstić information content (AvgIpc) is 3.07. The molecule has 0 spiro atoms. The Labute approximate surface area is 139 Å². The molecular weight excluding hydrogens is 308 g/mol. The smallest absolute Gasteiger partial charge is 0.224 e. The number of pyridine rings is 1. The molecule has 124 valence electrons. The molecule has 0 unspecified atom stereocenters. The largest absolute Gasteiger partial charge is 0.493 e. The molecule has 0 aliphatic rings. The molecule has 0 bridgehead atoms. The highest BCUT2D eigenvalue weighted by Crippen LogP contribution is 2.28. The summed E-state index contributed by atoms with van der Waals surface area (Å²) in [5.74, 6) is 1.28. The average molecular weight is 326 g/mol. The first kappa shape index (κ1) is 15.8. The summed E-state index contributed by atoms with van der Waals surface area (Å²) in [6.45, 7) is 0. The van der Waals surface area contributed by atoms with Gasteiger partial charge in [-0.1, -0.05) is 6.07 Å². The molecule has 3 rings (SSSR count). The Morgan fingerprint density at radius 3 is 2.79 bits per heavy atom. The van der Waals surface area contributed by atoms with Crippen LogP contribution in [0, 0.1) is 0 Å². The monoisotopic (exact) mass is 326 g/mol. The van der Waals surface area contributed by atoms with Crippen LogP contribution in [-0.4, -0.2) is 34.7 Å². The van der Waals surface area contributed by atoms with E-state index >= 15 is 0 Å². The molecule has 0 saturated heterocycles. The van der Waals surface area contributed by atoms with Crippen LogP contribution >= 0.6 is 0 Å². The van der Waals surface area contributed by atoms with Gasteiger partial charge in [-0.3, -0.25) is 9.20 Å². The van der Waals surface area contributed by atoms with E-state index in [1.165, 1.54) is 0 Å². The van der Waals surface area contributed by atoms with Gasteiger partial charge < -0.3 is 14.8 Å². The fraction of sp³-hybridized carbons (Fsp3) is 0.235. The van der Waals surface area contributed by atoms with Gasteiger partial charge in [-0.2, -0.15) is 0 Å². The Morgan fingerprint density at radius 2 is 2.00 bits per heavy atom. The molecule has 2 aromatic heterocycles. The number of fused-ring (bicyclic) bond motifs is 1. The summed E-state index contributed by atoms with van der Waals surface area (Å²) in [5.41, 5.74) is 2.45. The van der Waals surface area contributed by atoms with E-state index in [1.807, 2.05) is 18.2 Å². The van der Waals surface area contributed by atoms with Crippen LogP contribution in [0.1, 0.15) is 12.0 Å². The highest BCUT2D eigenvalue weighted by atomic mass is 16.5. The summed E-state index contributed by atoms with van der Waals surface area (Å²) in [7, 11) is 3.19. The first-order valence-corrected chi connectivity index (χ1v) is 7.50. The maximum absolute atomic E-state index is 12.1. The predicted octanol–water partition coefficient (Wildman–Crippen LogP) is 2.32. The van der Waals surface area contributed by atoms with Crippen molar-refractivity contribution in [2.75, 3.05) is 19.5 Å². The molecule has 0 atom stereocenters. The molecule has 1 amide bonds. The zero-order valence-corrected chi connectivity index (χ0v) is 13.5.